The van der Waals surface area contributed by atoms with Gasteiger partial charge in [0, 0.05) is 15.6 Å². The summed E-state index contributed by atoms with van der Waals surface area (Å²) in [5.74, 6) is -0.0603. The summed E-state index contributed by atoms with van der Waals surface area (Å²) in [5, 5.41) is 2.95. The lowest BCUT2D eigenvalue weighted by Gasteiger charge is -2.11. The molecule has 1 N–H and O–H groups in total. The number of rotatable bonds is 2. The van der Waals surface area contributed by atoms with Crippen LogP contribution in [0.25, 0.3) is 0 Å². The van der Waals surface area contributed by atoms with Crippen LogP contribution in [0.5, 0.6) is 0 Å². The van der Waals surface area contributed by atoms with Gasteiger partial charge in [-0.05, 0) is 40.5 Å². The van der Waals surface area contributed by atoms with E-state index in [9.17, 15) is 4.79 Å². The number of carbonyl (C=O) groups excluding carboxylic acids is 1. The Hall–Kier alpha value is -0.390. The molecule has 1 aromatic carbocycles. The molecular weight excluding hydrogens is 338 g/mol. The smallest absolute Gasteiger partial charge is 0.252 e. The summed E-state index contributed by atoms with van der Waals surface area (Å²) >= 11 is 6.73. The van der Waals surface area contributed by atoms with Crippen molar-refractivity contribution >= 4 is 37.8 Å². The average molecular weight is 349 g/mol. The Morgan fingerprint density at radius 1 is 1.44 bits per heavy atom. The summed E-state index contributed by atoms with van der Waals surface area (Å²) in [5.41, 5.74) is 0.648. The van der Waals surface area contributed by atoms with Gasteiger partial charge in [0.25, 0.3) is 5.91 Å². The van der Waals surface area contributed by atoms with Gasteiger partial charge in [0.05, 0.1) is 18.2 Å². The SMILES string of the molecule is O=C(NC1CCOC1)c1ccc(Br)cc1Br. The number of benzene rings is 1. The zero-order chi connectivity index (χ0) is 11.5. The Morgan fingerprint density at radius 2 is 2.25 bits per heavy atom. The van der Waals surface area contributed by atoms with Crippen LogP contribution in [0.2, 0.25) is 0 Å². The van der Waals surface area contributed by atoms with Gasteiger partial charge in [-0.15, -0.1) is 0 Å². The molecule has 86 valence electrons. The zero-order valence-electron chi connectivity index (χ0n) is 8.50. The minimum Gasteiger partial charge on any atom is -0.379 e. The van der Waals surface area contributed by atoms with E-state index >= 15 is 0 Å². The number of halogens is 2. The van der Waals surface area contributed by atoms with Crippen LogP contribution in [0.15, 0.2) is 27.1 Å². The highest BCUT2D eigenvalue weighted by atomic mass is 79.9. The number of carbonyl (C=O) groups is 1. The number of hydrogen-bond acceptors (Lipinski definition) is 2. The first kappa shape index (κ1) is 12.1. The van der Waals surface area contributed by atoms with E-state index in [1.165, 1.54) is 0 Å². The molecule has 0 aromatic heterocycles. The molecule has 1 fully saturated rings. The summed E-state index contributed by atoms with van der Waals surface area (Å²) in [6, 6.07) is 5.65. The molecule has 1 atom stereocenters. The molecule has 1 unspecified atom stereocenters. The second kappa shape index (κ2) is 5.29. The number of hydrogen-bond donors (Lipinski definition) is 1. The molecule has 5 heteroatoms. The third-order valence-electron chi connectivity index (χ3n) is 2.44. The van der Waals surface area contributed by atoms with Crippen molar-refractivity contribution in [1.29, 1.82) is 0 Å². The minimum atomic E-state index is -0.0603. The highest BCUT2D eigenvalue weighted by molar-refractivity contribution is 9.11. The van der Waals surface area contributed by atoms with Crippen molar-refractivity contribution in [2.24, 2.45) is 0 Å². The largest absolute Gasteiger partial charge is 0.379 e. The molecule has 0 radical (unpaired) electrons. The van der Waals surface area contributed by atoms with Gasteiger partial charge in [-0.3, -0.25) is 4.79 Å². The maximum Gasteiger partial charge on any atom is 0.252 e. The van der Waals surface area contributed by atoms with Gasteiger partial charge in [-0.1, -0.05) is 15.9 Å². The highest BCUT2D eigenvalue weighted by Crippen LogP contribution is 2.22. The summed E-state index contributed by atoms with van der Waals surface area (Å²) in [6.45, 7) is 1.34. The first-order valence-electron chi connectivity index (χ1n) is 5.00. The van der Waals surface area contributed by atoms with E-state index in [4.69, 9.17) is 4.74 Å². The van der Waals surface area contributed by atoms with Gasteiger partial charge >= 0.3 is 0 Å². The summed E-state index contributed by atoms with van der Waals surface area (Å²) in [7, 11) is 0. The lowest BCUT2D eigenvalue weighted by atomic mass is 10.2. The molecule has 0 saturated carbocycles. The van der Waals surface area contributed by atoms with Crippen molar-refractivity contribution in [3.05, 3.63) is 32.7 Å². The van der Waals surface area contributed by atoms with Crippen LogP contribution in [-0.2, 0) is 4.74 Å². The lowest BCUT2D eigenvalue weighted by molar-refractivity contribution is 0.0929. The average Bonchev–Trinajstić information content (AvgIpc) is 2.70. The van der Waals surface area contributed by atoms with Crippen molar-refractivity contribution in [1.82, 2.24) is 5.32 Å². The third-order valence-corrected chi connectivity index (χ3v) is 3.59. The lowest BCUT2D eigenvalue weighted by Crippen LogP contribution is -2.35. The monoisotopic (exact) mass is 347 g/mol. The van der Waals surface area contributed by atoms with E-state index in [2.05, 4.69) is 37.2 Å². The van der Waals surface area contributed by atoms with Crippen LogP contribution >= 0.6 is 31.9 Å². The van der Waals surface area contributed by atoms with Crippen molar-refractivity contribution in [3.8, 4) is 0 Å². The fourth-order valence-corrected chi connectivity index (χ4v) is 2.81. The first-order chi connectivity index (χ1) is 7.66. The maximum absolute atomic E-state index is 11.9. The molecule has 0 spiro atoms. The van der Waals surface area contributed by atoms with Gasteiger partial charge in [-0.25, -0.2) is 0 Å². The predicted octanol–water partition coefficient (Wildman–Crippen LogP) is 2.73. The van der Waals surface area contributed by atoms with Crippen LogP contribution < -0.4 is 5.32 Å². The van der Waals surface area contributed by atoms with Gasteiger partial charge in [0.2, 0.25) is 0 Å². The van der Waals surface area contributed by atoms with Crippen LogP contribution in [0.3, 0.4) is 0 Å². The first-order valence-corrected chi connectivity index (χ1v) is 6.59. The molecule has 1 aliphatic heterocycles. The van der Waals surface area contributed by atoms with E-state index in [-0.39, 0.29) is 11.9 Å². The molecule has 1 saturated heterocycles. The number of ether oxygens (including phenoxy) is 1. The van der Waals surface area contributed by atoms with Crippen LogP contribution in [0.4, 0.5) is 0 Å². The van der Waals surface area contributed by atoms with Crippen LogP contribution in [0.1, 0.15) is 16.8 Å². The second-order valence-electron chi connectivity index (χ2n) is 3.66. The Kier molecular flexibility index (Phi) is 4.00. The third kappa shape index (κ3) is 2.84. The Labute approximate surface area is 111 Å². The predicted molar refractivity (Wildman–Crippen MR) is 68.5 cm³/mol. The van der Waals surface area contributed by atoms with E-state index < -0.39 is 0 Å². The molecule has 0 aliphatic carbocycles. The van der Waals surface area contributed by atoms with Crippen molar-refractivity contribution in [3.63, 3.8) is 0 Å². The Bertz CT molecular complexity index is 403. The molecule has 0 bridgehead atoms. The molecule has 2 rings (SSSR count). The van der Waals surface area contributed by atoms with E-state index in [1.54, 1.807) is 6.07 Å². The van der Waals surface area contributed by atoms with E-state index in [0.717, 1.165) is 22.0 Å². The molecule has 16 heavy (non-hydrogen) atoms. The quantitative estimate of drug-likeness (QED) is 0.892. The number of nitrogens with one attached hydrogen (secondary N) is 1. The van der Waals surface area contributed by atoms with Gasteiger partial charge in [0.15, 0.2) is 0 Å². The minimum absolute atomic E-state index is 0.0603. The van der Waals surface area contributed by atoms with Crippen LogP contribution in [-0.4, -0.2) is 25.2 Å². The molecule has 1 aliphatic rings. The van der Waals surface area contributed by atoms with Crippen LogP contribution in [0, 0.1) is 0 Å². The fourth-order valence-electron chi connectivity index (χ4n) is 1.59. The summed E-state index contributed by atoms with van der Waals surface area (Å²) in [6.07, 6.45) is 0.889. The molecule has 1 heterocycles. The van der Waals surface area contributed by atoms with Crippen molar-refractivity contribution < 1.29 is 9.53 Å². The van der Waals surface area contributed by atoms with Crippen molar-refractivity contribution in [2.75, 3.05) is 13.2 Å². The second-order valence-corrected chi connectivity index (χ2v) is 5.43. The number of amides is 1. The van der Waals surface area contributed by atoms with Crippen molar-refractivity contribution in [2.45, 2.75) is 12.5 Å². The molecule has 1 aromatic rings. The normalized spacial score (nSPS) is 19.8. The van der Waals surface area contributed by atoms with Gasteiger partial charge < -0.3 is 10.1 Å². The van der Waals surface area contributed by atoms with Gasteiger partial charge in [0.1, 0.15) is 0 Å². The Balaban J connectivity index is 2.08. The maximum atomic E-state index is 11.9. The molecule has 3 nitrogen and oxygen atoms in total. The molecule has 1 amide bonds. The van der Waals surface area contributed by atoms with E-state index in [1.807, 2.05) is 12.1 Å². The highest BCUT2D eigenvalue weighted by Gasteiger charge is 2.19. The van der Waals surface area contributed by atoms with E-state index in [0.29, 0.717) is 12.2 Å². The standard InChI is InChI=1S/C11H11Br2NO2/c12-7-1-2-9(10(13)5-7)11(15)14-8-3-4-16-6-8/h1-2,5,8H,3-4,6H2,(H,14,15). The topological polar surface area (TPSA) is 38.3 Å². The van der Waals surface area contributed by atoms with Gasteiger partial charge in [-0.2, -0.15) is 0 Å². The molecular formula is C11H11Br2NO2. The summed E-state index contributed by atoms with van der Waals surface area (Å²) in [4.78, 5) is 11.9. The zero-order valence-corrected chi connectivity index (χ0v) is 11.7. The summed E-state index contributed by atoms with van der Waals surface area (Å²) < 4.78 is 6.94. The fraction of sp³-hybridized carbons (Fsp3) is 0.364. The Morgan fingerprint density at radius 3 is 2.88 bits per heavy atom.